The van der Waals surface area contributed by atoms with Crippen molar-refractivity contribution in [2.75, 3.05) is 7.11 Å². The first-order valence-electron chi connectivity index (χ1n) is 10.7. The summed E-state index contributed by atoms with van der Waals surface area (Å²) in [4.78, 5) is 52.6. The summed E-state index contributed by atoms with van der Waals surface area (Å²) in [6, 6.07) is 3.50. The highest BCUT2D eigenvalue weighted by atomic mass is 16.7. The lowest BCUT2D eigenvalue weighted by Gasteiger charge is -2.34. The zero-order chi connectivity index (χ0) is 25.9. The minimum Gasteiger partial charge on any atom is -0.507 e. The number of aromatic hydroxyl groups is 1. The summed E-state index contributed by atoms with van der Waals surface area (Å²) < 4.78 is 21.8. The van der Waals surface area contributed by atoms with Crippen molar-refractivity contribution in [3.8, 4) is 17.2 Å². The molecular weight excluding hydrogens is 476 g/mol. The number of furan rings is 1. The number of hydrogen-bond donors (Lipinski definition) is 3. The molecule has 1 aromatic heterocycles. The number of urea groups is 1. The number of benzene rings is 1. The zero-order valence-electron chi connectivity index (χ0n) is 19.3. The fourth-order valence-corrected chi connectivity index (χ4v) is 4.52. The molecule has 3 aliphatic rings. The van der Waals surface area contributed by atoms with Crippen LogP contribution in [0.5, 0.6) is 17.2 Å². The average molecular weight is 496 g/mol. The highest BCUT2D eigenvalue weighted by Gasteiger charge is 2.56. The van der Waals surface area contributed by atoms with Crippen molar-refractivity contribution in [3.63, 3.8) is 0 Å². The molecule has 0 radical (unpaired) electrons. The van der Waals surface area contributed by atoms with E-state index >= 15 is 0 Å². The maximum absolute atomic E-state index is 13.6. The Labute approximate surface area is 203 Å². The van der Waals surface area contributed by atoms with Gasteiger partial charge >= 0.3 is 6.03 Å². The van der Waals surface area contributed by atoms with Gasteiger partial charge in [-0.25, -0.2) is 4.79 Å². The SMILES string of the molecule is COC1Oc2cc(O)c3c(c2C(=O)N1C(=O)NCc1ccco1)OC1=CC(O)=C(C(C)=O)C(=O)[C@]13C. The van der Waals surface area contributed by atoms with Gasteiger partial charge in [0.15, 0.2) is 17.3 Å². The number of aliphatic hydroxyl groups excluding tert-OH is 1. The first-order valence-corrected chi connectivity index (χ1v) is 10.7. The quantitative estimate of drug-likeness (QED) is 0.534. The summed E-state index contributed by atoms with van der Waals surface area (Å²) in [5.41, 5.74) is -2.53. The van der Waals surface area contributed by atoms with E-state index in [4.69, 9.17) is 18.6 Å². The van der Waals surface area contributed by atoms with E-state index in [1.54, 1.807) is 12.1 Å². The third kappa shape index (κ3) is 3.11. The first-order chi connectivity index (χ1) is 17.1. The van der Waals surface area contributed by atoms with Crippen LogP contribution in [-0.2, 0) is 26.3 Å². The number of nitrogens with zero attached hydrogens (tertiary/aromatic N) is 1. The highest BCUT2D eigenvalue weighted by Crippen LogP contribution is 2.57. The molecule has 3 amide bonds. The van der Waals surface area contributed by atoms with Crippen LogP contribution < -0.4 is 14.8 Å². The van der Waals surface area contributed by atoms with Crippen LogP contribution >= 0.6 is 0 Å². The summed E-state index contributed by atoms with van der Waals surface area (Å²) in [5, 5.41) is 23.7. The molecule has 186 valence electrons. The predicted molar refractivity (Wildman–Crippen MR) is 118 cm³/mol. The van der Waals surface area contributed by atoms with Crippen molar-refractivity contribution in [1.29, 1.82) is 0 Å². The molecule has 0 fully saturated rings. The van der Waals surface area contributed by atoms with Gasteiger partial charge in [0, 0.05) is 19.3 Å². The van der Waals surface area contributed by atoms with Gasteiger partial charge in [0.05, 0.1) is 18.4 Å². The minimum atomic E-state index is -1.72. The molecule has 3 heterocycles. The van der Waals surface area contributed by atoms with Crippen molar-refractivity contribution >= 4 is 23.5 Å². The standard InChI is InChI=1S/C24H20N2O10/c1-10(27)16-12(28)8-15-24(2,20(16)30)18-13(29)7-14-17(19(18)36-15)21(31)26(23(33-3)35-14)22(32)25-9-11-5-4-6-34-11/h4-8,23,28-29H,9H2,1-3H3,(H,25,32)/t23?,24-/m1/s1. The lowest BCUT2D eigenvalue weighted by Crippen LogP contribution is -2.54. The first kappa shape index (κ1) is 23.2. The van der Waals surface area contributed by atoms with Gasteiger partial charge in [-0.2, -0.15) is 4.90 Å². The number of hydrogen-bond acceptors (Lipinski definition) is 10. The average Bonchev–Trinajstić information content (AvgIpc) is 3.44. The molecule has 0 saturated heterocycles. The number of rotatable bonds is 4. The van der Waals surface area contributed by atoms with E-state index < -0.39 is 52.4 Å². The Bertz CT molecular complexity index is 1400. The number of ether oxygens (including phenoxy) is 3. The number of allylic oxidation sites excluding steroid dienone is 3. The molecular formula is C24H20N2O10. The second-order valence-corrected chi connectivity index (χ2v) is 8.43. The van der Waals surface area contributed by atoms with Crippen LogP contribution in [0.3, 0.4) is 0 Å². The number of aliphatic hydroxyl groups is 1. The number of ketones is 2. The minimum absolute atomic E-state index is 0.0265. The van der Waals surface area contributed by atoms with Crippen LogP contribution in [0.15, 0.2) is 52.0 Å². The van der Waals surface area contributed by atoms with Gasteiger partial charge in [0.2, 0.25) is 0 Å². The summed E-state index contributed by atoms with van der Waals surface area (Å²) in [5.74, 6) is -3.50. The predicted octanol–water partition coefficient (Wildman–Crippen LogP) is 2.18. The number of imide groups is 1. The van der Waals surface area contributed by atoms with E-state index in [9.17, 15) is 29.4 Å². The second-order valence-electron chi connectivity index (χ2n) is 8.43. The molecule has 3 N–H and O–H groups in total. The Morgan fingerprint density at radius 2 is 2.03 bits per heavy atom. The molecule has 12 heteroatoms. The fourth-order valence-electron chi connectivity index (χ4n) is 4.52. The third-order valence-electron chi connectivity index (χ3n) is 6.27. The molecule has 36 heavy (non-hydrogen) atoms. The van der Waals surface area contributed by atoms with Crippen molar-refractivity contribution < 1.29 is 48.0 Å². The third-order valence-corrected chi connectivity index (χ3v) is 6.27. The van der Waals surface area contributed by atoms with E-state index in [1.165, 1.54) is 20.3 Å². The van der Waals surface area contributed by atoms with Gasteiger partial charge in [-0.3, -0.25) is 14.4 Å². The lowest BCUT2D eigenvalue weighted by molar-refractivity contribution is -0.129. The summed E-state index contributed by atoms with van der Waals surface area (Å²) >= 11 is 0. The Morgan fingerprint density at radius 1 is 1.28 bits per heavy atom. The van der Waals surface area contributed by atoms with Crippen LogP contribution in [0.25, 0.3) is 0 Å². The van der Waals surface area contributed by atoms with Crippen molar-refractivity contribution in [3.05, 3.63) is 64.5 Å². The molecule has 0 bridgehead atoms. The van der Waals surface area contributed by atoms with Gasteiger partial charge in [-0.1, -0.05) is 0 Å². The summed E-state index contributed by atoms with van der Waals surface area (Å²) in [7, 11) is 1.22. The van der Waals surface area contributed by atoms with Gasteiger partial charge < -0.3 is 34.2 Å². The van der Waals surface area contributed by atoms with Crippen LogP contribution in [-0.4, -0.2) is 52.1 Å². The van der Waals surface area contributed by atoms with E-state index in [0.717, 1.165) is 19.1 Å². The van der Waals surface area contributed by atoms with Gasteiger partial charge in [-0.15, -0.1) is 0 Å². The molecule has 1 aromatic carbocycles. The van der Waals surface area contributed by atoms with Crippen LogP contribution in [0.4, 0.5) is 4.79 Å². The lowest BCUT2D eigenvalue weighted by atomic mass is 9.71. The van der Waals surface area contributed by atoms with E-state index in [0.29, 0.717) is 10.7 Å². The Morgan fingerprint density at radius 3 is 2.67 bits per heavy atom. The van der Waals surface area contributed by atoms with Crippen LogP contribution in [0.1, 0.15) is 35.5 Å². The maximum atomic E-state index is 13.6. The molecule has 12 nitrogen and oxygen atoms in total. The fraction of sp³-hybridized carbons (Fsp3) is 0.250. The summed E-state index contributed by atoms with van der Waals surface area (Å²) in [6.07, 6.45) is 1.04. The molecule has 2 aromatic rings. The number of methoxy groups -OCH3 is 1. The summed E-state index contributed by atoms with van der Waals surface area (Å²) in [6.45, 7) is 2.49. The highest BCUT2D eigenvalue weighted by molar-refractivity contribution is 6.26. The van der Waals surface area contributed by atoms with E-state index in [-0.39, 0.29) is 34.9 Å². The number of nitrogens with one attached hydrogen (secondary N) is 1. The smallest absolute Gasteiger partial charge is 0.329 e. The Balaban J connectivity index is 1.59. The zero-order valence-corrected chi connectivity index (χ0v) is 19.3. The number of carbonyl (C=O) groups is 4. The van der Waals surface area contributed by atoms with Crippen molar-refractivity contribution in [2.45, 2.75) is 32.2 Å². The molecule has 5 rings (SSSR count). The molecule has 2 aliphatic heterocycles. The topological polar surface area (TPSA) is 165 Å². The Hall–Kier alpha value is -4.58. The maximum Gasteiger partial charge on any atom is 0.329 e. The number of fused-ring (bicyclic) bond motifs is 5. The van der Waals surface area contributed by atoms with Crippen LogP contribution in [0, 0.1) is 0 Å². The van der Waals surface area contributed by atoms with Gasteiger partial charge in [-0.05, 0) is 26.0 Å². The molecule has 1 unspecified atom stereocenters. The van der Waals surface area contributed by atoms with E-state index in [1.807, 2.05) is 0 Å². The van der Waals surface area contributed by atoms with Gasteiger partial charge in [0.25, 0.3) is 12.3 Å². The van der Waals surface area contributed by atoms with Crippen molar-refractivity contribution in [2.24, 2.45) is 0 Å². The van der Waals surface area contributed by atoms with Gasteiger partial charge in [0.1, 0.15) is 45.3 Å². The number of phenolic OH excluding ortho intramolecular Hbond substituents is 1. The molecule has 0 saturated carbocycles. The van der Waals surface area contributed by atoms with Crippen LogP contribution in [0.2, 0.25) is 0 Å². The Kier molecular flexibility index (Phi) is 5.14. The van der Waals surface area contributed by atoms with E-state index in [2.05, 4.69) is 5.32 Å². The number of Topliss-reactive ketones (excluding diaryl/α,β-unsaturated/α-hetero) is 2. The second kappa shape index (κ2) is 7.99. The number of carbonyl (C=O) groups excluding carboxylic acids is 4. The monoisotopic (exact) mass is 496 g/mol. The number of phenols is 1. The van der Waals surface area contributed by atoms with Crippen molar-refractivity contribution in [1.82, 2.24) is 10.2 Å². The molecule has 2 atom stereocenters. The molecule has 0 spiro atoms. The largest absolute Gasteiger partial charge is 0.507 e. The number of amides is 3. The normalized spacial score (nSPS) is 22.2. The molecule has 1 aliphatic carbocycles.